The molecule has 96 valence electrons. The average Bonchev–Trinajstić information content (AvgIpc) is 2.76. The van der Waals surface area contributed by atoms with E-state index >= 15 is 0 Å². The number of imidazole rings is 1. The van der Waals surface area contributed by atoms with E-state index in [1.54, 1.807) is 0 Å². The third kappa shape index (κ3) is 2.36. The quantitative estimate of drug-likeness (QED) is 0.677. The summed E-state index contributed by atoms with van der Waals surface area (Å²) in [6.45, 7) is 5.07. The van der Waals surface area contributed by atoms with Crippen molar-refractivity contribution in [3.8, 4) is 0 Å². The van der Waals surface area contributed by atoms with Gasteiger partial charge >= 0.3 is 0 Å². The molecular weight excluding hydrogens is 256 g/mol. The molecule has 0 radical (unpaired) electrons. The van der Waals surface area contributed by atoms with E-state index in [1.165, 1.54) is 22.2 Å². The van der Waals surface area contributed by atoms with Crippen LogP contribution in [0, 0.1) is 13.8 Å². The Morgan fingerprint density at radius 1 is 1.05 bits per heavy atom. The molecule has 0 aliphatic carbocycles. The number of rotatable bonds is 2. The first kappa shape index (κ1) is 12.2. The first-order chi connectivity index (χ1) is 9.13. The predicted molar refractivity (Wildman–Crippen MR) is 79.8 cm³/mol. The Kier molecular flexibility index (Phi) is 3.03. The number of aromatic nitrogens is 2. The maximum absolute atomic E-state index is 5.91. The molecule has 3 heteroatoms. The molecular formula is C16H15ClN2. The molecule has 19 heavy (non-hydrogen) atoms. The van der Waals surface area contributed by atoms with E-state index in [-0.39, 0.29) is 0 Å². The predicted octanol–water partition coefficient (Wildman–Crippen LogP) is 4.35. The van der Waals surface area contributed by atoms with Crippen LogP contribution in [0.2, 0.25) is 5.02 Å². The molecule has 0 fully saturated rings. The maximum atomic E-state index is 5.91. The highest BCUT2D eigenvalue weighted by atomic mass is 35.5. The maximum Gasteiger partial charge on any atom is 0.0961 e. The van der Waals surface area contributed by atoms with Gasteiger partial charge < -0.3 is 4.57 Å². The highest BCUT2D eigenvalue weighted by Gasteiger charge is 2.05. The first-order valence-electron chi connectivity index (χ1n) is 6.30. The summed E-state index contributed by atoms with van der Waals surface area (Å²) in [6, 6.07) is 12.3. The van der Waals surface area contributed by atoms with Gasteiger partial charge in [0.05, 0.1) is 17.4 Å². The summed E-state index contributed by atoms with van der Waals surface area (Å²) in [5.41, 5.74) is 6.03. The Morgan fingerprint density at radius 3 is 2.47 bits per heavy atom. The molecule has 1 heterocycles. The second-order valence-electron chi connectivity index (χ2n) is 4.92. The van der Waals surface area contributed by atoms with Gasteiger partial charge in [0.2, 0.25) is 0 Å². The SMILES string of the molecule is Cc1cc2ncn(Cc3ccc(Cl)cc3)c2cc1C. The van der Waals surface area contributed by atoms with Gasteiger partial charge in [-0.05, 0) is 54.8 Å². The van der Waals surface area contributed by atoms with Gasteiger partial charge in [-0.15, -0.1) is 0 Å². The van der Waals surface area contributed by atoms with E-state index in [0.717, 1.165) is 17.1 Å². The summed E-state index contributed by atoms with van der Waals surface area (Å²) >= 11 is 5.91. The fraction of sp³-hybridized carbons (Fsp3) is 0.188. The van der Waals surface area contributed by atoms with E-state index < -0.39 is 0 Å². The lowest BCUT2D eigenvalue weighted by atomic mass is 10.1. The van der Waals surface area contributed by atoms with E-state index in [2.05, 4.69) is 47.7 Å². The molecule has 0 atom stereocenters. The zero-order valence-corrected chi connectivity index (χ0v) is 11.8. The summed E-state index contributed by atoms with van der Waals surface area (Å²) in [4.78, 5) is 4.47. The fourth-order valence-electron chi connectivity index (χ4n) is 2.23. The summed E-state index contributed by atoms with van der Waals surface area (Å²) < 4.78 is 2.17. The standard InChI is InChI=1S/C16H15ClN2/c1-11-7-15-16(8-12(11)2)19(10-18-15)9-13-3-5-14(17)6-4-13/h3-8,10H,9H2,1-2H3. The fourth-order valence-corrected chi connectivity index (χ4v) is 2.35. The molecule has 0 spiro atoms. The van der Waals surface area contributed by atoms with Crippen molar-refractivity contribution in [2.75, 3.05) is 0 Å². The van der Waals surface area contributed by atoms with Crippen LogP contribution in [0.1, 0.15) is 16.7 Å². The van der Waals surface area contributed by atoms with Crippen molar-refractivity contribution in [1.82, 2.24) is 9.55 Å². The minimum atomic E-state index is 0.769. The number of nitrogens with zero attached hydrogens (tertiary/aromatic N) is 2. The van der Waals surface area contributed by atoms with Gasteiger partial charge in [-0.3, -0.25) is 0 Å². The third-order valence-corrected chi connectivity index (χ3v) is 3.75. The Hall–Kier alpha value is -1.80. The van der Waals surface area contributed by atoms with Gasteiger partial charge in [0.15, 0.2) is 0 Å². The van der Waals surface area contributed by atoms with Crippen molar-refractivity contribution in [3.05, 3.63) is 64.4 Å². The van der Waals surface area contributed by atoms with E-state index in [0.29, 0.717) is 0 Å². The van der Waals surface area contributed by atoms with E-state index in [9.17, 15) is 0 Å². The summed E-state index contributed by atoms with van der Waals surface area (Å²) in [6.07, 6.45) is 1.90. The number of fused-ring (bicyclic) bond motifs is 1. The van der Waals surface area contributed by atoms with Crippen LogP contribution in [0.15, 0.2) is 42.7 Å². The van der Waals surface area contributed by atoms with Gasteiger partial charge in [-0.2, -0.15) is 0 Å². The number of halogens is 1. The van der Waals surface area contributed by atoms with Crippen molar-refractivity contribution in [2.24, 2.45) is 0 Å². The van der Waals surface area contributed by atoms with Gasteiger partial charge in [0.25, 0.3) is 0 Å². The number of hydrogen-bond donors (Lipinski definition) is 0. The molecule has 0 unspecified atom stereocenters. The molecule has 0 aliphatic rings. The van der Waals surface area contributed by atoms with Gasteiger partial charge in [0, 0.05) is 11.6 Å². The minimum absolute atomic E-state index is 0.769. The molecule has 3 rings (SSSR count). The van der Waals surface area contributed by atoms with Crippen LogP contribution >= 0.6 is 11.6 Å². The molecule has 0 amide bonds. The van der Waals surface area contributed by atoms with E-state index in [1.807, 2.05) is 18.5 Å². The molecule has 0 bridgehead atoms. The molecule has 2 aromatic carbocycles. The third-order valence-electron chi connectivity index (χ3n) is 3.50. The summed E-state index contributed by atoms with van der Waals surface area (Å²) in [7, 11) is 0. The number of benzene rings is 2. The Labute approximate surface area is 117 Å². The number of aryl methyl sites for hydroxylation is 2. The average molecular weight is 271 g/mol. The molecule has 2 nitrogen and oxygen atoms in total. The monoisotopic (exact) mass is 270 g/mol. The van der Waals surface area contributed by atoms with Crippen molar-refractivity contribution >= 4 is 22.6 Å². The molecule has 0 aliphatic heterocycles. The summed E-state index contributed by atoms with van der Waals surface area (Å²) in [5.74, 6) is 0. The van der Waals surface area contributed by atoms with Crippen LogP contribution in [-0.4, -0.2) is 9.55 Å². The summed E-state index contributed by atoms with van der Waals surface area (Å²) in [5, 5.41) is 0.769. The molecule has 0 N–H and O–H groups in total. The molecule has 3 aromatic rings. The van der Waals surface area contributed by atoms with Gasteiger partial charge in [-0.1, -0.05) is 23.7 Å². The first-order valence-corrected chi connectivity index (χ1v) is 6.68. The molecule has 1 aromatic heterocycles. The topological polar surface area (TPSA) is 17.8 Å². The number of hydrogen-bond acceptors (Lipinski definition) is 1. The second kappa shape index (κ2) is 4.71. The molecule has 0 saturated heterocycles. The smallest absolute Gasteiger partial charge is 0.0961 e. The second-order valence-corrected chi connectivity index (χ2v) is 5.36. The van der Waals surface area contributed by atoms with Crippen molar-refractivity contribution in [1.29, 1.82) is 0 Å². The van der Waals surface area contributed by atoms with Crippen LogP contribution in [0.3, 0.4) is 0 Å². The highest BCUT2D eigenvalue weighted by Crippen LogP contribution is 2.20. The van der Waals surface area contributed by atoms with Gasteiger partial charge in [0.1, 0.15) is 0 Å². The zero-order chi connectivity index (χ0) is 13.4. The molecule has 0 saturated carbocycles. The lowest BCUT2D eigenvalue weighted by Crippen LogP contribution is -1.98. The lowest BCUT2D eigenvalue weighted by Gasteiger charge is -2.06. The van der Waals surface area contributed by atoms with Crippen molar-refractivity contribution in [2.45, 2.75) is 20.4 Å². The zero-order valence-electron chi connectivity index (χ0n) is 11.0. The van der Waals surface area contributed by atoms with Crippen LogP contribution in [0.25, 0.3) is 11.0 Å². The largest absolute Gasteiger partial charge is 0.326 e. The van der Waals surface area contributed by atoms with Crippen LogP contribution in [-0.2, 0) is 6.54 Å². The Bertz CT molecular complexity index is 726. The van der Waals surface area contributed by atoms with Gasteiger partial charge in [-0.25, -0.2) is 4.98 Å². The van der Waals surface area contributed by atoms with Crippen molar-refractivity contribution in [3.63, 3.8) is 0 Å². The Morgan fingerprint density at radius 2 is 1.74 bits per heavy atom. The lowest BCUT2D eigenvalue weighted by molar-refractivity contribution is 0.824. The van der Waals surface area contributed by atoms with Crippen molar-refractivity contribution < 1.29 is 0 Å². The minimum Gasteiger partial charge on any atom is -0.326 e. The highest BCUT2D eigenvalue weighted by molar-refractivity contribution is 6.30. The van der Waals surface area contributed by atoms with Crippen LogP contribution in [0.5, 0.6) is 0 Å². The van der Waals surface area contributed by atoms with Crippen LogP contribution in [0.4, 0.5) is 0 Å². The Balaban J connectivity index is 2.01. The van der Waals surface area contributed by atoms with E-state index in [4.69, 9.17) is 11.6 Å². The normalized spacial score (nSPS) is 11.1. The van der Waals surface area contributed by atoms with Crippen LogP contribution < -0.4 is 0 Å².